The number of benzene rings is 1. The third kappa shape index (κ3) is 4.05. The first-order valence-corrected chi connectivity index (χ1v) is 9.28. The number of hydrogen-bond donors (Lipinski definition) is 1. The van der Waals surface area contributed by atoms with Gasteiger partial charge in [-0.3, -0.25) is 9.20 Å². The number of nitrogens with one attached hydrogen (secondary N) is 1. The molecule has 0 saturated carbocycles. The molecule has 2 heterocycles. The van der Waals surface area contributed by atoms with Gasteiger partial charge < -0.3 is 5.32 Å². The van der Waals surface area contributed by atoms with Crippen LogP contribution in [0.25, 0.3) is 5.65 Å². The van der Waals surface area contributed by atoms with Gasteiger partial charge in [-0.05, 0) is 43.1 Å². The second kappa shape index (κ2) is 5.44. The van der Waals surface area contributed by atoms with E-state index in [0.717, 1.165) is 16.5 Å². The maximum absolute atomic E-state index is 12.8. The van der Waals surface area contributed by atoms with Gasteiger partial charge in [-0.1, -0.05) is 37.6 Å². The molecule has 10 heteroatoms. The number of carbonyl (C=O) groups excluding carboxylic acids is 1. The summed E-state index contributed by atoms with van der Waals surface area (Å²) >= 11 is 0. The fourth-order valence-corrected chi connectivity index (χ4v) is 3.03. The summed E-state index contributed by atoms with van der Waals surface area (Å²) in [6.07, 6.45) is -0.739. The lowest BCUT2D eigenvalue weighted by molar-refractivity contribution is 0.0944. The van der Waals surface area contributed by atoms with Crippen molar-refractivity contribution in [1.29, 1.82) is 0 Å². The number of hydrogen-bond acceptors (Lipinski definition) is 2. The molecule has 0 saturated heterocycles. The molecule has 3 rings (SSSR count). The predicted octanol–water partition coefficient (Wildman–Crippen LogP) is 5.54. The van der Waals surface area contributed by atoms with Crippen LogP contribution >= 0.6 is 10.2 Å². The number of imidazole rings is 1. The zero-order valence-corrected chi connectivity index (χ0v) is 14.4. The number of aryl methyl sites for hydroxylation is 1. The number of rotatable bonds is 4. The summed E-state index contributed by atoms with van der Waals surface area (Å²) in [6, 6.07) is 0.612. The average Bonchev–Trinajstić information content (AvgIpc) is 2.99. The average molecular weight is 411 g/mol. The number of aromatic nitrogens is 2. The molecule has 146 valence electrons. The van der Waals surface area contributed by atoms with E-state index in [1.165, 1.54) is 6.92 Å². The van der Waals surface area contributed by atoms with Crippen molar-refractivity contribution < 1.29 is 32.4 Å². The summed E-state index contributed by atoms with van der Waals surface area (Å²) in [4.78, 5) is 14.7. The Morgan fingerprint density at radius 1 is 1.22 bits per heavy atom. The Kier molecular flexibility index (Phi) is 2.56. The molecule has 0 aliphatic heterocycles. The minimum atomic E-state index is -9.83. The summed E-state index contributed by atoms with van der Waals surface area (Å²) in [7, 11) is -9.83. The van der Waals surface area contributed by atoms with Crippen molar-refractivity contribution in [3.63, 3.8) is 0 Å². The highest BCUT2D eigenvalue weighted by Crippen LogP contribution is 3.02. The Labute approximate surface area is 160 Å². The lowest BCUT2D eigenvalue weighted by atomic mass is 10.2. The molecular formula is C17H16F5N3OS. The van der Waals surface area contributed by atoms with Crippen molar-refractivity contribution in [3.8, 4) is 0 Å². The Balaban J connectivity index is 1.97. The van der Waals surface area contributed by atoms with Crippen LogP contribution in [-0.2, 0) is 6.54 Å². The summed E-state index contributed by atoms with van der Waals surface area (Å²) in [5, 5.41) is 2.34. The molecule has 0 aliphatic rings. The number of nitrogens with zero attached hydrogens (tertiary/aromatic N) is 2. The van der Waals surface area contributed by atoms with E-state index in [9.17, 15) is 24.2 Å². The van der Waals surface area contributed by atoms with Gasteiger partial charge in [0.1, 0.15) is 16.2 Å². The predicted molar refractivity (Wildman–Crippen MR) is 93.7 cm³/mol. The third-order valence-electron chi connectivity index (χ3n) is 3.61. The minimum Gasteiger partial charge on any atom is -0.347 e. The Hall–Kier alpha value is -2.62. The SMILES string of the molecule is [2H]c1c(C([2H])([2H])[2H])c([2H])n2c(C(=O)NCc3ccc(S(F)(F)(F)(F)F)cc3)c(C)nc2c1[2H]. The van der Waals surface area contributed by atoms with Gasteiger partial charge in [-0.2, -0.15) is 0 Å². The van der Waals surface area contributed by atoms with Gasteiger partial charge in [0.05, 0.1) is 9.81 Å². The maximum Gasteiger partial charge on any atom is 0.310 e. The van der Waals surface area contributed by atoms with E-state index >= 15 is 0 Å². The van der Waals surface area contributed by atoms with Gasteiger partial charge in [-0.25, -0.2) is 4.98 Å². The van der Waals surface area contributed by atoms with Crippen molar-refractivity contribution in [2.75, 3.05) is 0 Å². The monoisotopic (exact) mass is 411 g/mol. The molecule has 0 radical (unpaired) electrons. The van der Waals surface area contributed by atoms with Crippen LogP contribution in [0.5, 0.6) is 0 Å². The van der Waals surface area contributed by atoms with Crippen LogP contribution in [-0.4, -0.2) is 15.3 Å². The first kappa shape index (κ1) is 12.7. The molecule has 1 N–H and O–H groups in total. The van der Waals surface area contributed by atoms with Crippen molar-refractivity contribution in [1.82, 2.24) is 14.7 Å². The fraction of sp³-hybridized carbons (Fsp3) is 0.176. The molecule has 1 amide bonds. The van der Waals surface area contributed by atoms with Crippen molar-refractivity contribution in [2.45, 2.75) is 25.2 Å². The summed E-state index contributed by atoms with van der Waals surface area (Å²) in [5.74, 6) is -0.904. The third-order valence-corrected chi connectivity index (χ3v) is 4.77. The van der Waals surface area contributed by atoms with Gasteiger partial charge in [0.2, 0.25) is 0 Å². The van der Waals surface area contributed by atoms with Gasteiger partial charge in [0, 0.05) is 16.8 Å². The Bertz CT molecular complexity index is 1290. The second-order valence-electron chi connectivity index (χ2n) is 5.74. The number of fused-ring (bicyclic) bond motifs is 1. The molecular weight excluding hydrogens is 389 g/mol. The van der Waals surface area contributed by atoms with Crippen LogP contribution in [0.2, 0.25) is 0 Å². The van der Waals surface area contributed by atoms with Crippen LogP contribution in [0.1, 0.15) is 35.5 Å². The van der Waals surface area contributed by atoms with Crippen LogP contribution in [0.15, 0.2) is 47.4 Å². The minimum absolute atomic E-state index is 0.00727. The normalized spacial score (nSPS) is 18.3. The second-order valence-corrected chi connectivity index (χ2v) is 8.15. The van der Waals surface area contributed by atoms with Crippen molar-refractivity contribution >= 4 is 21.8 Å². The van der Waals surface area contributed by atoms with Crippen LogP contribution in [0.4, 0.5) is 19.4 Å². The van der Waals surface area contributed by atoms with E-state index in [1.54, 1.807) is 0 Å². The Morgan fingerprint density at radius 3 is 2.48 bits per heavy atom. The van der Waals surface area contributed by atoms with E-state index < -0.39 is 51.7 Å². The number of amides is 1. The summed E-state index contributed by atoms with van der Waals surface area (Å²) < 4.78 is 112. The molecule has 3 aromatic rings. The molecule has 0 unspecified atom stereocenters. The topological polar surface area (TPSA) is 46.4 Å². The van der Waals surface area contributed by atoms with Crippen molar-refractivity contribution in [3.05, 3.63) is 65.0 Å². The van der Waals surface area contributed by atoms with Crippen molar-refractivity contribution in [2.24, 2.45) is 0 Å². The molecule has 0 spiro atoms. The first-order chi connectivity index (χ1) is 14.7. The quantitative estimate of drug-likeness (QED) is 0.573. The maximum atomic E-state index is 12.8. The van der Waals surface area contributed by atoms with Crippen LogP contribution in [0.3, 0.4) is 0 Å². The zero-order chi connectivity index (χ0) is 25.2. The molecule has 0 aliphatic carbocycles. The van der Waals surface area contributed by atoms with Gasteiger partial charge in [0.25, 0.3) is 5.91 Å². The zero-order valence-electron chi connectivity index (χ0n) is 19.6. The van der Waals surface area contributed by atoms with E-state index in [2.05, 4.69) is 10.3 Å². The van der Waals surface area contributed by atoms with E-state index in [0.29, 0.717) is 0 Å². The molecule has 0 fully saturated rings. The summed E-state index contributed by atoms with van der Waals surface area (Å²) in [6.45, 7) is -1.95. The largest absolute Gasteiger partial charge is 0.347 e. The molecule has 0 bridgehead atoms. The number of carbonyl (C=O) groups is 1. The van der Waals surface area contributed by atoms with Gasteiger partial charge in [-0.15, -0.1) is 0 Å². The molecule has 0 atom stereocenters. The Morgan fingerprint density at radius 2 is 1.89 bits per heavy atom. The highest BCUT2D eigenvalue weighted by atomic mass is 32.5. The van der Waals surface area contributed by atoms with Gasteiger partial charge >= 0.3 is 10.2 Å². The first-order valence-electron chi connectivity index (χ1n) is 10.3. The molecule has 27 heavy (non-hydrogen) atoms. The molecule has 1 aromatic carbocycles. The molecule has 2 aromatic heterocycles. The highest BCUT2D eigenvalue weighted by molar-refractivity contribution is 8.45. The standard InChI is InChI=1S/C17H16F5N3OS/c1-11-3-8-15-24-12(2)16(25(15)10-11)17(26)23-9-13-4-6-14(7-5-13)27(18,19,20,21)22/h3-8,10H,9H2,1-2H3,(H,23,26)/i1D3,3D,8D,10D. The number of pyridine rings is 1. The van der Waals surface area contributed by atoms with E-state index in [-0.39, 0.29) is 41.3 Å². The highest BCUT2D eigenvalue weighted by Gasteiger charge is 2.65. The van der Waals surface area contributed by atoms with E-state index in [4.69, 9.17) is 8.22 Å². The van der Waals surface area contributed by atoms with E-state index in [1.807, 2.05) is 0 Å². The lowest BCUT2D eigenvalue weighted by Crippen LogP contribution is -2.25. The lowest BCUT2D eigenvalue weighted by Gasteiger charge is -2.40. The van der Waals surface area contributed by atoms with Crippen LogP contribution < -0.4 is 5.32 Å². The molecule has 4 nitrogen and oxygen atoms in total. The number of halogens is 5. The summed E-state index contributed by atoms with van der Waals surface area (Å²) in [5.41, 5.74) is -1.28. The van der Waals surface area contributed by atoms with Crippen LogP contribution in [0, 0.1) is 13.8 Å². The fourth-order valence-electron chi connectivity index (χ4n) is 2.38. The van der Waals surface area contributed by atoms with Gasteiger partial charge in [0.15, 0.2) is 0 Å². The smallest absolute Gasteiger partial charge is 0.310 e.